The van der Waals surface area contributed by atoms with E-state index in [0.29, 0.717) is 5.41 Å². The van der Waals surface area contributed by atoms with E-state index >= 15 is 0 Å². The SMILES string of the molecule is CCCCN(CC)C1(CN)CCCCC1(C)C. The van der Waals surface area contributed by atoms with E-state index in [-0.39, 0.29) is 5.54 Å². The predicted molar refractivity (Wildman–Crippen MR) is 76.2 cm³/mol. The van der Waals surface area contributed by atoms with Gasteiger partial charge in [-0.3, -0.25) is 4.90 Å². The van der Waals surface area contributed by atoms with Crippen molar-refractivity contribution in [1.82, 2.24) is 4.90 Å². The zero-order valence-electron chi connectivity index (χ0n) is 12.4. The second kappa shape index (κ2) is 6.19. The van der Waals surface area contributed by atoms with Crippen LogP contribution in [0.25, 0.3) is 0 Å². The molecule has 0 aromatic heterocycles. The minimum atomic E-state index is 0.245. The van der Waals surface area contributed by atoms with Gasteiger partial charge in [0.2, 0.25) is 0 Å². The third kappa shape index (κ3) is 2.85. The van der Waals surface area contributed by atoms with Crippen LogP contribution in [0.2, 0.25) is 0 Å². The van der Waals surface area contributed by atoms with E-state index in [1.165, 1.54) is 45.1 Å². The minimum Gasteiger partial charge on any atom is -0.329 e. The standard InChI is InChI=1S/C15H32N2/c1-5-7-12-17(6-2)15(13-16)11-9-8-10-14(15,3)4/h5-13,16H2,1-4H3. The fourth-order valence-corrected chi connectivity index (χ4v) is 3.67. The summed E-state index contributed by atoms with van der Waals surface area (Å²) in [6, 6.07) is 0. The molecule has 1 unspecified atom stereocenters. The zero-order valence-corrected chi connectivity index (χ0v) is 12.4. The monoisotopic (exact) mass is 240 g/mol. The first-order valence-corrected chi connectivity index (χ1v) is 7.49. The number of nitrogens with zero attached hydrogens (tertiary/aromatic N) is 1. The van der Waals surface area contributed by atoms with Crippen molar-refractivity contribution in [1.29, 1.82) is 0 Å². The molecule has 102 valence electrons. The summed E-state index contributed by atoms with van der Waals surface area (Å²) in [6.45, 7) is 12.6. The molecule has 0 aromatic rings. The van der Waals surface area contributed by atoms with Gasteiger partial charge in [0, 0.05) is 12.1 Å². The minimum absolute atomic E-state index is 0.245. The van der Waals surface area contributed by atoms with Crippen molar-refractivity contribution in [3.63, 3.8) is 0 Å². The summed E-state index contributed by atoms with van der Waals surface area (Å²) in [7, 11) is 0. The summed E-state index contributed by atoms with van der Waals surface area (Å²) in [5.74, 6) is 0. The smallest absolute Gasteiger partial charge is 0.0382 e. The largest absolute Gasteiger partial charge is 0.329 e. The summed E-state index contributed by atoms with van der Waals surface area (Å²) in [4.78, 5) is 2.68. The lowest BCUT2D eigenvalue weighted by Crippen LogP contribution is -2.63. The molecule has 1 rings (SSSR count). The van der Waals surface area contributed by atoms with Crippen LogP contribution in [0.5, 0.6) is 0 Å². The Kier molecular flexibility index (Phi) is 5.46. The number of hydrogen-bond donors (Lipinski definition) is 1. The van der Waals surface area contributed by atoms with Crippen molar-refractivity contribution < 1.29 is 0 Å². The molecule has 2 N–H and O–H groups in total. The highest BCUT2D eigenvalue weighted by atomic mass is 15.2. The molecule has 2 heteroatoms. The summed E-state index contributed by atoms with van der Waals surface area (Å²) in [5, 5.41) is 0. The number of likely N-dealkylation sites (N-methyl/N-ethyl adjacent to an activating group) is 1. The Morgan fingerprint density at radius 3 is 2.24 bits per heavy atom. The maximum atomic E-state index is 6.22. The van der Waals surface area contributed by atoms with Crippen LogP contribution >= 0.6 is 0 Å². The van der Waals surface area contributed by atoms with Crippen LogP contribution in [-0.2, 0) is 0 Å². The number of unbranched alkanes of at least 4 members (excludes halogenated alkanes) is 1. The average Bonchev–Trinajstić information content (AvgIpc) is 2.31. The summed E-state index contributed by atoms with van der Waals surface area (Å²) in [5.41, 5.74) is 6.83. The molecule has 1 fully saturated rings. The molecule has 0 heterocycles. The Hall–Kier alpha value is -0.0800. The van der Waals surface area contributed by atoms with E-state index in [4.69, 9.17) is 5.73 Å². The molecule has 0 spiro atoms. The van der Waals surface area contributed by atoms with Gasteiger partial charge in [-0.15, -0.1) is 0 Å². The average molecular weight is 240 g/mol. The van der Waals surface area contributed by atoms with Gasteiger partial charge in [0.1, 0.15) is 0 Å². The fourth-order valence-electron chi connectivity index (χ4n) is 3.67. The van der Waals surface area contributed by atoms with Crippen molar-refractivity contribution in [3.05, 3.63) is 0 Å². The first-order valence-electron chi connectivity index (χ1n) is 7.49. The molecule has 0 saturated heterocycles. The summed E-state index contributed by atoms with van der Waals surface area (Å²) in [6.07, 6.45) is 7.91. The highest BCUT2D eigenvalue weighted by Gasteiger charge is 2.48. The molecule has 0 radical (unpaired) electrons. The highest BCUT2D eigenvalue weighted by Crippen LogP contribution is 2.46. The topological polar surface area (TPSA) is 29.3 Å². The molecule has 0 aliphatic heterocycles. The van der Waals surface area contributed by atoms with Gasteiger partial charge >= 0.3 is 0 Å². The lowest BCUT2D eigenvalue weighted by atomic mass is 9.62. The van der Waals surface area contributed by atoms with E-state index in [0.717, 1.165) is 13.1 Å². The van der Waals surface area contributed by atoms with Gasteiger partial charge in [-0.1, -0.05) is 47.0 Å². The number of hydrogen-bond acceptors (Lipinski definition) is 2. The molecular formula is C15H32N2. The van der Waals surface area contributed by atoms with Crippen LogP contribution in [0.15, 0.2) is 0 Å². The van der Waals surface area contributed by atoms with Gasteiger partial charge in [-0.25, -0.2) is 0 Å². The van der Waals surface area contributed by atoms with E-state index in [9.17, 15) is 0 Å². The van der Waals surface area contributed by atoms with Crippen molar-refractivity contribution in [2.45, 2.75) is 71.8 Å². The summed E-state index contributed by atoms with van der Waals surface area (Å²) < 4.78 is 0. The maximum Gasteiger partial charge on any atom is 0.0382 e. The molecule has 2 nitrogen and oxygen atoms in total. The van der Waals surface area contributed by atoms with Crippen LogP contribution in [0.3, 0.4) is 0 Å². The van der Waals surface area contributed by atoms with Gasteiger partial charge in [0.05, 0.1) is 0 Å². The quantitative estimate of drug-likeness (QED) is 0.771. The first kappa shape index (κ1) is 15.0. The normalized spacial score (nSPS) is 28.6. The number of nitrogens with two attached hydrogens (primary N) is 1. The van der Waals surface area contributed by atoms with E-state index < -0.39 is 0 Å². The van der Waals surface area contributed by atoms with Crippen LogP contribution in [-0.4, -0.2) is 30.1 Å². The Morgan fingerprint density at radius 1 is 1.12 bits per heavy atom. The molecule has 1 aliphatic carbocycles. The molecule has 17 heavy (non-hydrogen) atoms. The third-order valence-corrected chi connectivity index (χ3v) is 5.01. The Labute approximate surface area is 108 Å². The molecule has 1 atom stereocenters. The maximum absolute atomic E-state index is 6.22. The van der Waals surface area contributed by atoms with Gasteiger partial charge < -0.3 is 5.73 Å². The fraction of sp³-hybridized carbons (Fsp3) is 1.00. The molecule has 1 saturated carbocycles. The second-order valence-corrected chi connectivity index (χ2v) is 6.26. The summed E-state index contributed by atoms with van der Waals surface area (Å²) >= 11 is 0. The zero-order chi connectivity index (χ0) is 12.9. The molecule has 0 bridgehead atoms. The van der Waals surface area contributed by atoms with Crippen molar-refractivity contribution in [3.8, 4) is 0 Å². The van der Waals surface area contributed by atoms with E-state index in [1.54, 1.807) is 0 Å². The Morgan fingerprint density at radius 2 is 1.76 bits per heavy atom. The van der Waals surface area contributed by atoms with Gasteiger partial charge in [-0.05, 0) is 37.8 Å². The third-order valence-electron chi connectivity index (χ3n) is 5.01. The molecule has 0 amide bonds. The lowest BCUT2D eigenvalue weighted by molar-refractivity contribution is -0.0418. The van der Waals surface area contributed by atoms with E-state index in [2.05, 4.69) is 32.6 Å². The predicted octanol–water partition coefficient (Wildman–Crippen LogP) is 3.41. The molecule has 0 aromatic carbocycles. The Balaban J connectivity index is 2.89. The molecular weight excluding hydrogens is 208 g/mol. The van der Waals surface area contributed by atoms with Crippen LogP contribution in [0.1, 0.15) is 66.2 Å². The second-order valence-electron chi connectivity index (χ2n) is 6.26. The Bertz CT molecular complexity index is 225. The van der Waals surface area contributed by atoms with E-state index in [1.807, 2.05) is 0 Å². The number of rotatable bonds is 6. The van der Waals surface area contributed by atoms with Crippen LogP contribution < -0.4 is 5.73 Å². The lowest BCUT2D eigenvalue weighted by Gasteiger charge is -2.56. The van der Waals surface area contributed by atoms with Crippen molar-refractivity contribution >= 4 is 0 Å². The van der Waals surface area contributed by atoms with Crippen molar-refractivity contribution in [2.75, 3.05) is 19.6 Å². The van der Waals surface area contributed by atoms with Gasteiger partial charge in [0.25, 0.3) is 0 Å². The van der Waals surface area contributed by atoms with Gasteiger partial charge in [0.15, 0.2) is 0 Å². The highest BCUT2D eigenvalue weighted by molar-refractivity contribution is 5.04. The first-order chi connectivity index (χ1) is 8.04. The van der Waals surface area contributed by atoms with Gasteiger partial charge in [-0.2, -0.15) is 0 Å². The van der Waals surface area contributed by atoms with Crippen LogP contribution in [0.4, 0.5) is 0 Å². The molecule has 1 aliphatic rings. The van der Waals surface area contributed by atoms with Crippen molar-refractivity contribution in [2.24, 2.45) is 11.1 Å². The van der Waals surface area contributed by atoms with Crippen LogP contribution in [0, 0.1) is 5.41 Å².